The zero-order valence-electron chi connectivity index (χ0n) is 18.2. The molecule has 0 radical (unpaired) electrons. The maximum atomic E-state index is 12.4. The molecular formula is C22H38IN5O. The summed E-state index contributed by atoms with van der Waals surface area (Å²) >= 11 is 0. The predicted molar refractivity (Wildman–Crippen MR) is 132 cm³/mol. The van der Waals surface area contributed by atoms with Gasteiger partial charge in [0.05, 0.1) is 6.54 Å². The summed E-state index contributed by atoms with van der Waals surface area (Å²) in [5, 5.41) is 6.86. The van der Waals surface area contributed by atoms with Gasteiger partial charge in [0.25, 0.3) is 0 Å². The molecule has 0 bridgehead atoms. The van der Waals surface area contributed by atoms with Crippen LogP contribution in [0.3, 0.4) is 0 Å². The number of carbonyl (C=O) groups is 1. The highest BCUT2D eigenvalue weighted by atomic mass is 127. The van der Waals surface area contributed by atoms with Crippen molar-refractivity contribution in [2.24, 2.45) is 4.99 Å². The number of guanidine groups is 1. The molecule has 29 heavy (non-hydrogen) atoms. The molecular weight excluding hydrogens is 477 g/mol. The number of aliphatic imine (C=N–C) groups is 1. The van der Waals surface area contributed by atoms with Gasteiger partial charge in [-0.3, -0.25) is 9.79 Å². The van der Waals surface area contributed by atoms with Crippen LogP contribution in [0.2, 0.25) is 0 Å². The molecule has 1 heterocycles. The summed E-state index contributed by atoms with van der Waals surface area (Å²) in [5.74, 6) is 0.950. The van der Waals surface area contributed by atoms with Crippen molar-refractivity contribution in [2.45, 2.75) is 52.1 Å². The summed E-state index contributed by atoms with van der Waals surface area (Å²) < 4.78 is 0. The molecule has 0 spiro atoms. The van der Waals surface area contributed by atoms with Crippen LogP contribution in [0.25, 0.3) is 0 Å². The number of nitrogens with one attached hydrogen (secondary N) is 2. The van der Waals surface area contributed by atoms with Gasteiger partial charge in [0.15, 0.2) is 5.96 Å². The number of halogens is 1. The fourth-order valence-electron chi connectivity index (χ4n) is 3.53. The molecule has 7 heteroatoms. The third-order valence-corrected chi connectivity index (χ3v) is 5.10. The average molecular weight is 515 g/mol. The van der Waals surface area contributed by atoms with Gasteiger partial charge in [-0.2, -0.15) is 0 Å². The molecule has 1 aromatic rings. The zero-order chi connectivity index (χ0) is 20.2. The molecule has 1 aliphatic heterocycles. The molecule has 2 N–H and O–H groups in total. The van der Waals surface area contributed by atoms with E-state index in [4.69, 9.17) is 0 Å². The quantitative estimate of drug-likeness (QED) is 0.302. The van der Waals surface area contributed by atoms with Crippen molar-refractivity contribution in [1.82, 2.24) is 20.4 Å². The summed E-state index contributed by atoms with van der Waals surface area (Å²) in [6.07, 6.45) is 3.93. The third-order valence-electron chi connectivity index (χ3n) is 5.10. The van der Waals surface area contributed by atoms with Crippen LogP contribution >= 0.6 is 24.0 Å². The summed E-state index contributed by atoms with van der Waals surface area (Å²) in [7, 11) is 1.85. The number of carbonyl (C=O) groups excluding carboxylic acids is 1. The van der Waals surface area contributed by atoms with Crippen molar-refractivity contribution < 1.29 is 4.79 Å². The fourth-order valence-corrected chi connectivity index (χ4v) is 3.53. The molecule has 1 fully saturated rings. The molecule has 1 aliphatic rings. The van der Waals surface area contributed by atoms with Crippen molar-refractivity contribution >= 4 is 35.8 Å². The van der Waals surface area contributed by atoms with Crippen LogP contribution in [0.4, 0.5) is 0 Å². The van der Waals surface area contributed by atoms with Crippen molar-refractivity contribution in [3.05, 3.63) is 35.9 Å². The molecule has 0 saturated carbocycles. The van der Waals surface area contributed by atoms with E-state index in [0.717, 1.165) is 44.0 Å². The van der Waals surface area contributed by atoms with Gasteiger partial charge in [0, 0.05) is 45.7 Å². The summed E-state index contributed by atoms with van der Waals surface area (Å²) in [4.78, 5) is 21.3. The normalized spacial score (nSPS) is 15.5. The zero-order valence-corrected chi connectivity index (χ0v) is 20.5. The largest absolute Gasteiger partial charge is 0.357 e. The molecule has 0 aromatic heterocycles. The molecule has 0 unspecified atom stereocenters. The second kappa shape index (κ2) is 14.6. The van der Waals surface area contributed by atoms with E-state index in [-0.39, 0.29) is 29.9 Å². The van der Waals surface area contributed by atoms with Gasteiger partial charge in [-0.25, -0.2) is 0 Å². The van der Waals surface area contributed by atoms with Crippen LogP contribution in [0.15, 0.2) is 35.3 Å². The standard InChI is InChI=1S/C22H37N5O.HI/c1-4-15-27-16-12-20(13-17-27)25-22(23-5-2)24-14-11-21(28)26(3)18-19-9-7-6-8-10-19;/h6-10,20H,4-5,11-18H2,1-3H3,(H2,23,24,25);1H. The third kappa shape index (κ3) is 9.80. The van der Waals surface area contributed by atoms with Crippen LogP contribution in [-0.4, -0.2) is 67.5 Å². The Morgan fingerprint density at radius 3 is 2.52 bits per heavy atom. The van der Waals surface area contributed by atoms with E-state index in [9.17, 15) is 4.79 Å². The Balaban J connectivity index is 0.00000420. The van der Waals surface area contributed by atoms with E-state index in [2.05, 4.69) is 34.4 Å². The molecule has 6 nitrogen and oxygen atoms in total. The Hall–Kier alpha value is -1.35. The summed E-state index contributed by atoms with van der Waals surface area (Å²) in [5.41, 5.74) is 1.14. The molecule has 0 aliphatic carbocycles. The molecule has 1 amide bonds. The average Bonchev–Trinajstić information content (AvgIpc) is 2.70. The predicted octanol–water partition coefficient (Wildman–Crippen LogP) is 3.08. The van der Waals surface area contributed by atoms with Gasteiger partial charge in [-0.05, 0) is 38.3 Å². The van der Waals surface area contributed by atoms with E-state index in [0.29, 0.717) is 25.6 Å². The lowest BCUT2D eigenvalue weighted by molar-refractivity contribution is -0.130. The van der Waals surface area contributed by atoms with Crippen molar-refractivity contribution in [3.8, 4) is 0 Å². The lowest BCUT2D eigenvalue weighted by Gasteiger charge is -2.32. The van der Waals surface area contributed by atoms with Gasteiger partial charge in [0.1, 0.15) is 0 Å². The highest BCUT2D eigenvalue weighted by Gasteiger charge is 2.19. The number of likely N-dealkylation sites (tertiary alicyclic amines) is 1. The first-order chi connectivity index (χ1) is 13.6. The Labute approximate surface area is 193 Å². The van der Waals surface area contributed by atoms with Crippen LogP contribution in [0, 0.1) is 0 Å². The summed E-state index contributed by atoms with van der Waals surface area (Å²) in [6, 6.07) is 10.5. The smallest absolute Gasteiger partial charge is 0.224 e. The first-order valence-electron chi connectivity index (χ1n) is 10.7. The first-order valence-corrected chi connectivity index (χ1v) is 10.7. The number of nitrogens with zero attached hydrogens (tertiary/aromatic N) is 3. The maximum absolute atomic E-state index is 12.4. The number of rotatable bonds is 9. The van der Waals surface area contributed by atoms with E-state index in [1.165, 1.54) is 13.0 Å². The van der Waals surface area contributed by atoms with Crippen molar-refractivity contribution in [3.63, 3.8) is 0 Å². The molecule has 0 atom stereocenters. The molecule has 164 valence electrons. The topological polar surface area (TPSA) is 60.0 Å². The lowest BCUT2D eigenvalue weighted by atomic mass is 10.1. The van der Waals surface area contributed by atoms with E-state index in [1.54, 1.807) is 4.90 Å². The fraction of sp³-hybridized carbons (Fsp3) is 0.636. The molecule has 2 rings (SSSR count). The Bertz CT molecular complexity index is 602. The first kappa shape index (κ1) is 25.7. The minimum absolute atomic E-state index is 0. The van der Waals surface area contributed by atoms with Gasteiger partial charge in [-0.15, -0.1) is 24.0 Å². The minimum atomic E-state index is 0. The van der Waals surface area contributed by atoms with Crippen LogP contribution in [0.5, 0.6) is 0 Å². The van der Waals surface area contributed by atoms with Crippen molar-refractivity contribution in [1.29, 1.82) is 0 Å². The monoisotopic (exact) mass is 515 g/mol. The van der Waals surface area contributed by atoms with Crippen molar-refractivity contribution in [2.75, 3.05) is 39.8 Å². The Morgan fingerprint density at radius 2 is 1.90 bits per heavy atom. The van der Waals surface area contributed by atoms with Crippen LogP contribution in [-0.2, 0) is 11.3 Å². The Kier molecular flexibility index (Phi) is 12.9. The van der Waals surface area contributed by atoms with Gasteiger partial charge >= 0.3 is 0 Å². The molecule has 1 saturated heterocycles. The van der Waals surface area contributed by atoms with E-state index < -0.39 is 0 Å². The maximum Gasteiger partial charge on any atom is 0.224 e. The van der Waals surface area contributed by atoms with E-state index >= 15 is 0 Å². The highest BCUT2D eigenvalue weighted by molar-refractivity contribution is 14.0. The molecule has 1 aromatic carbocycles. The summed E-state index contributed by atoms with van der Waals surface area (Å²) in [6.45, 7) is 9.75. The second-order valence-corrected chi connectivity index (χ2v) is 7.51. The number of piperidine rings is 1. The highest BCUT2D eigenvalue weighted by Crippen LogP contribution is 2.10. The van der Waals surface area contributed by atoms with Crippen LogP contribution in [0.1, 0.15) is 45.1 Å². The minimum Gasteiger partial charge on any atom is -0.357 e. The SMILES string of the molecule is CCCN1CCC(NC(=NCCC(=O)N(C)Cc2ccccc2)NCC)CC1.I. The van der Waals surface area contributed by atoms with E-state index in [1.807, 2.05) is 37.4 Å². The Morgan fingerprint density at radius 1 is 1.21 bits per heavy atom. The lowest BCUT2D eigenvalue weighted by Crippen LogP contribution is -2.48. The van der Waals surface area contributed by atoms with Gasteiger partial charge in [-0.1, -0.05) is 37.3 Å². The number of benzene rings is 1. The number of amides is 1. The number of hydrogen-bond donors (Lipinski definition) is 2. The number of hydrogen-bond acceptors (Lipinski definition) is 3. The van der Waals surface area contributed by atoms with Gasteiger partial charge in [0.2, 0.25) is 5.91 Å². The van der Waals surface area contributed by atoms with Gasteiger partial charge < -0.3 is 20.4 Å². The van der Waals surface area contributed by atoms with Crippen LogP contribution < -0.4 is 10.6 Å². The second-order valence-electron chi connectivity index (χ2n) is 7.51.